The highest BCUT2D eigenvalue weighted by Gasteiger charge is 1.92. The largest absolute Gasteiger partial charge is 0.261 e. The summed E-state index contributed by atoms with van der Waals surface area (Å²) in [6.45, 7) is 0. The SMILES string of the molecule is BrCCc1cc(Br)ccn1. The van der Waals surface area contributed by atoms with E-state index in [0.717, 1.165) is 21.9 Å². The first-order valence-corrected chi connectivity index (χ1v) is 4.91. The summed E-state index contributed by atoms with van der Waals surface area (Å²) in [5.74, 6) is 0. The van der Waals surface area contributed by atoms with Gasteiger partial charge in [0, 0.05) is 21.7 Å². The highest BCUT2D eigenvalue weighted by atomic mass is 79.9. The molecule has 54 valence electrons. The minimum Gasteiger partial charge on any atom is -0.261 e. The van der Waals surface area contributed by atoms with Crippen LogP contribution in [0.5, 0.6) is 0 Å². The number of halogens is 2. The number of rotatable bonds is 2. The zero-order valence-corrected chi connectivity index (χ0v) is 8.52. The Morgan fingerprint density at radius 3 is 2.90 bits per heavy atom. The summed E-state index contributed by atoms with van der Waals surface area (Å²) in [5.41, 5.74) is 1.12. The van der Waals surface area contributed by atoms with Crippen LogP contribution < -0.4 is 0 Å². The van der Waals surface area contributed by atoms with Gasteiger partial charge < -0.3 is 0 Å². The standard InChI is InChI=1S/C7H7Br2N/c8-3-1-7-5-6(9)2-4-10-7/h2,4-5H,1,3H2. The van der Waals surface area contributed by atoms with E-state index in [0.29, 0.717) is 0 Å². The molecule has 0 radical (unpaired) electrons. The van der Waals surface area contributed by atoms with E-state index in [9.17, 15) is 0 Å². The molecule has 0 spiro atoms. The summed E-state index contributed by atoms with van der Waals surface area (Å²) in [4.78, 5) is 4.17. The van der Waals surface area contributed by atoms with E-state index in [1.54, 1.807) is 0 Å². The number of aryl methyl sites for hydroxylation is 1. The van der Waals surface area contributed by atoms with Crippen LogP contribution in [-0.4, -0.2) is 10.3 Å². The average Bonchev–Trinajstić information content (AvgIpc) is 1.88. The predicted molar refractivity (Wildman–Crippen MR) is 49.4 cm³/mol. The number of hydrogen-bond donors (Lipinski definition) is 0. The van der Waals surface area contributed by atoms with E-state index in [-0.39, 0.29) is 0 Å². The molecule has 0 aliphatic carbocycles. The normalized spacial score (nSPS) is 9.80. The van der Waals surface area contributed by atoms with Crippen LogP contribution in [0.1, 0.15) is 5.69 Å². The Morgan fingerprint density at radius 2 is 2.30 bits per heavy atom. The summed E-state index contributed by atoms with van der Waals surface area (Å²) in [6.07, 6.45) is 2.79. The lowest BCUT2D eigenvalue weighted by atomic mass is 10.3. The first-order chi connectivity index (χ1) is 4.83. The Bertz CT molecular complexity index is 213. The molecule has 1 aromatic rings. The molecule has 0 aliphatic rings. The molecule has 1 rings (SSSR count). The molecule has 0 bridgehead atoms. The Balaban J connectivity index is 2.75. The van der Waals surface area contributed by atoms with Gasteiger partial charge in [-0.05, 0) is 18.6 Å². The first-order valence-electron chi connectivity index (χ1n) is 2.99. The number of alkyl halides is 1. The van der Waals surface area contributed by atoms with Crippen molar-refractivity contribution < 1.29 is 0 Å². The molecule has 0 amide bonds. The maximum Gasteiger partial charge on any atom is 0.0423 e. The summed E-state index contributed by atoms with van der Waals surface area (Å²) < 4.78 is 1.10. The molecule has 0 aliphatic heterocycles. The molecule has 0 aromatic carbocycles. The van der Waals surface area contributed by atoms with Gasteiger partial charge in [0.25, 0.3) is 0 Å². The monoisotopic (exact) mass is 263 g/mol. The second kappa shape index (κ2) is 4.09. The van der Waals surface area contributed by atoms with E-state index in [1.807, 2.05) is 18.3 Å². The Labute approximate surface area is 77.1 Å². The third-order valence-corrected chi connectivity index (χ3v) is 2.02. The molecule has 0 saturated heterocycles. The molecule has 1 nitrogen and oxygen atoms in total. The van der Waals surface area contributed by atoms with Crippen LogP contribution >= 0.6 is 31.9 Å². The van der Waals surface area contributed by atoms with Crippen LogP contribution in [0.4, 0.5) is 0 Å². The highest BCUT2D eigenvalue weighted by molar-refractivity contribution is 9.10. The van der Waals surface area contributed by atoms with Gasteiger partial charge in [-0.3, -0.25) is 4.98 Å². The number of nitrogens with zero attached hydrogens (tertiary/aromatic N) is 1. The van der Waals surface area contributed by atoms with E-state index < -0.39 is 0 Å². The molecule has 0 unspecified atom stereocenters. The molecule has 10 heavy (non-hydrogen) atoms. The summed E-state index contributed by atoms with van der Waals surface area (Å²) in [7, 11) is 0. The predicted octanol–water partition coefficient (Wildman–Crippen LogP) is 2.78. The fraction of sp³-hybridized carbons (Fsp3) is 0.286. The van der Waals surface area contributed by atoms with Crippen LogP contribution in [0.15, 0.2) is 22.8 Å². The Hall–Kier alpha value is 0.110. The molecule has 1 heterocycles. The van der Waals surface area contributed by atoms with Gasteiger partial charge in [-0.25, -0.2) is 0 Å². The molecule has 1 aromatic heterocycles. The second-order valence-electron chi connectivity index (χ2n) is 1.90. The van der Waals surface area contributed by atoms with Gasteiger partial charge in [-0.2, -0.15) is 0 Å². The van der Waals surface area contributed by atoms with Crippen molar-refractivity contribution in [1.82, 2.24) is 4.98 Å². The third kappa shape index (κ3) is 2.39. The number of aromatic nitrogens is 1. The van der Waals surface area contributed by atoms with Gasteiger partial charge in [-0.1, -0.05) is 31.9 Å². The second-order valence-corrected chi connectivity index (χ2v) is 3.61. The Kier molecular flexibility index (Phi) is 3.35. The fourth-order valence-electron chi connectivity index (χ4n) is 0.682. The van der Waals surface area contributed by atoms with E-state index in [1.165, 1.54) is 0 Å². The van der Waals surface area contributed by atoms with Crippen molar-refractivity contribution in [2.45, 2.75) is 6.42 Å². The summed E-state index contributed by atoms with van der Waals surface area (Å²) >= 11 is 6.73. The lowest BCUT2D eigenvalue weighted by Gasteiger charge is -1.95. The van der Waals surface area contributed by atoms with Gasteiger partial charge >= 0.3 is 0 Å². The third-order valence-electron chi connectivity index (χ3n) is 1.13. The van der Waals surface area contributed by atoms with Gasteiger partial charge in [0.2, 0.25) is 0 Å². The van der Waals surface area contributed by atoms with Gasteiger partial charge in [-0.15, -0.1) is 0 Å². The van der Waals surface area contributed by atoms with Crippen molar-refractivity contribution in [2.75, 3.05) is 5.33 Å². The van der Waals surface area contributed by atoms with Crippen LogP contribution in [0.3, 0.4) is 0 Å². The van der Waals surface area contributed by atoms with Crippen molar-refractivity contribution in [1.29, 1.82) is 0 Å². The van der Waals surface area contributed by atoms with Gasteiger partial charge in [0.05, 0.1) is 0 Å². The first kappa shape index (κ1) is 8.21. The molecule has 3 heteroatoms. The maximum atomic E-state index is 4.17. The Morgan fingerprint density at radius 1 is 1.50 bits per heavy atom. The highest BCUT2D eigenvalue weighted by Crippen LogP contribution is 2.09. The fourth-order valence-corrected chi connectivity index (χ4v) is 1.47. The molecule has 0 saturated carbocycles. The number of hydrogen-bond acceptors (Lipinski definition) is 1. The molecular formula is C7H7Br2N. The van der Waals surface area contributed by atoms with Crippen molar-refractivity contribution in [3.05, 3.63) is 28.5 Å². The molecule has 0 N–H and O–H groups in total. The minimum atomic E-state index is 0.969. The van der Waals surface area contributed by atoms with Crippen molar-refractivity contribution in [3.8, 4) is 0 Å². The lowest BCUT2D eigenvalue weighted by Crippen LogP contribution is -1.88. The smallest absolute Gasteiger partial charge is 0.0423 e. The van der Waals surface area contributed by atoms with Crippen LogP contribution in [-0.2, 0) is 6.42 Å². The molecular weight excluding hydrogens is 258 g/mol. The topological polar surface area (TPSA) is 12.9 Å². The molecule has 0 atom stereocenters. The quantitative estimate of drug-likeness (QED) is 0.749. The van der Waals surface area contributed by atoms with Crippen molar-refractivity contribution in [2.24, 2.45) is 0 Å². The maximum absolute atomic E-state index is 4.17. The van der Waals surface area contributed by atoms with E-state index in [4.69, 9.17) is 0 Å². The van der Waals surface area contributed by atoms with Gasteiger partial charge in [0.15, 0.2) is 0 Å². The molecule has 0 fully saturated rings. The van der Waals surface area contributed by atoms with Crippen LogP contribution in [0, 0.1) is 0 Å². The zero-order chi connectivity index (χ0) is 7.40. The number of pyridine rings is 1. The summed E-state index contributed by atoms with van der Waals surface area (Å²) in [6, 6.07) is 3.96. The minimum absolute atomic E-state index is 0.969. The van der Waals surface area contributed by atoms with Crippen molar-refractivity contribution in [3.63, 3.8) is 0 Å². The van der Waals surface area contributed by atoms with E-state index in [2.05, 4.69) is 36.8 Å². The summed E-state index contributed by atoms with van der Waals surface area (Å²) in [5, 5.41) is 0.969. The zero-order valence-electron chi connectivity index (χ0n) is 5.35. The van der Waals surface area contributed by atoms with Crippen LogP contribution in [0.25, 0.3) is 0 Å². The van der Waals surface area contributed by atoms with Gasteiger partial charge in [0.1, 0.15) is 0 Å². The van der Waals surface area contributed by atoms with Crippen LogP contribution in [0.2, 0.25) is 0 Å². The average molecular weight is 265 g/mol. The van der Waals surface area contributed by atoms with E-state index >= 15 is 0 Å². The lowest BCUT2D eigenvalue weighted by molar-refractivity contribution is 1.05. The van der Waals surface area contributed by atoms with Crippen molar-refractivity contribution >= 4 is 31.9 Å².